The minimum Gasteiger partial charge on any atom is -0.692 e. The summed E-state index contributed by atoms with van der Waals surface area (Å²) in [5, 5.41) is 18.3. The van der Waals surface area contributed by atoms with Crippen molar-refractivity contribution >= 4 is 5.91 Å². The van der Waals surface area contributed by atoms with Gasteiger partial charge in [-0.1, -0.05) is 127 Å². The van der Waals surface area contributed by atoms with Crippen LogP contribution in [0.25, 0.3) is 0 Å². The second kappa shape index (κ2) is 36.9. The molecule has 9 nitrogen and oxygen atoms in total. The minimum absolute atomic E-state index is 0.0359. The van der Waals surface area contributed by atoms with Gasteiger partial charge in [0.1, 0.15) is 18.3 Å². The Kier molecular flexibility index (Phi) is 30.1. The second-order valence-corrected chi connectivity index (χ2v) is 15.9. The summed E-state index contributed by atoms with van der Waals surface area (Å²) in [6, 6.07) is 9.01. The molecule has 9 heteroatoms. The third-order valence-electron chi connectivity index (χ3n) is 10.9. The Balaban J connectivity index is 1.59. The number of benzene rings is 1. The van der Waals surface area contributed by atoms with Crippen LogP contribution >= 0.6 is 0 Å². The lowest BCUT2D eigenvalue weighted by Crippen LogP contribution is -2.60. The third kappa shape index (κ3) is 24.5. The monoisotopic (exact) mass is 920 g/mol. The van der Waals surface area contributed by atoms with Gasteiger partial charge >= 0.3 is 0 Å². The van der Waals surface area contributed by atoms with Crippen LogP contribution < -0.4 is 10.6 Å². The topological polar surface area (TPSA) is 108 Å². The van der Waals surface area contributed by atoms with E-state index in [1.165, 1.54) is 57.8 Å². The molecular formula is C60H58NO8-. The molecule has 2 aliphatic rings. The second-order valence-electron chi connectivity index (χ2n) is 15.9. The molecule has 3 rings (SSSR count). The zero-order valence-electron chi connectivity index (χ0n) is 40.2. The van der Waals surface area contributed by atoms with Crippen molar-refractivity contribution in [1.29, 1.82) is 0 Å². The number of ether oxygens (including phenoxy) is 4. The summed E-state index contributed by atoms with van der Waals surface area (Å²) in [5.74, 6) is 60.1. The molecule has 1 aromatic rings. The predicted octanol–water partition coefficient (Wildman–Crippen LogP) is 6.76. The van der Waals surface area contributed by atoms with E-state index in [4.69, 9.17) is 23.8 Å². The molecule has 0 radical (unpaired) electrons. The maximum atomic E-state index is 13.2. The number of hydrogen-bond donors (Lipinski definition) is 1. The highest BCUT2D eigenvalue weighted by Gasteiger charge is 2.50. The van der Waals surface area contributed by atoms with Crippen LogP contribution in [0.4, 0.5) is 0 Å². The van der Waals surface area contributed by atoms with Crippen molar-refractivity contribution in [1.82, 2.24) is 5.32 Å². The van der Waals surface area contributed by atoms with Gasteiger partial charge in [0, 0.05) is 52.9 Å². The Morgan fingerprint density at radius 2 is 1.25 bits per heavy atom. The van der Waals surface area contributed by atoms with Gasteiger partial charge in [0.2, 0.25) is 0 Å². The standard InChI is InChI=1S/C60H59NO8/c1-6-8-10-12-14-16-18-20-21-22-23-24-25-26-27-28-29-30-32-34-36-38-43-47-56(62)61-54(51(4)50(3)44-40-37-35-33-31-19-17-15-13-11-9-7-2)48-64-59-52(5)57(68-69-63)58-55(66-59)49-65-60(67-58)53-45-41-39-42-46-53/h37,39-42,45-46,50-52,54-55,57-60,63H,7,9,11,13,15,17,19,31,33,35,44,48-49H2,1-5H3,(H,61,62)/p-1/b40-37+/t50-,51-,52?,54+,55?,57?,58?,59?,60?/m1/s1. The quantitative estimate of drug-likeness (QED) is 0.0475. The van der Waals surface area contributed by atoms with Crippen LogP contribution in [-0.2, 0) is 33.7 Å². The lowest BCUT2D eigenvalue weighted by Gasteiger charge is -2.48. The maximum absolute atomic E-state index is 13.2. The summed E-state index contributed by atoms with van der Waals surface area (Å²) in [6.45, 7) is 10.2. The number of amides is 1. The van der Waals surface area contributed by atoms with Crippen LogP contribution in [0.1, 0.15) is 117 Å². The average molecular weight is 921 g/mol. The molecule has 1 amide bonds. The smallest absolute Gasteiger partial charge is 0.297 e. The first-order valence-corrected chi connectivity index (χ1v) is 23.3. The Morgan fingerprint density at radius 3 is 1.78 bits per heavy atom. The number of nitrogens with one attached hydrogen (secondary N) is 1. The van der Waals surface area contributed by atoms with Crippen LogP contribution in [0.3, 0.4) is 0 Å². The highest BCUT2D eigenvalue weighted by atomic mass is 17.5. The predicted molar refractivity (Wildman–Crippen MR) is 265 cm³/mol. The minimum atomic E-state index is -0.835. The van der Waals surface area contributed by atoms with E-state index >= 15 is 0 Å². The lowest BCUT2D eigenvalue weighted by atomic mass is 9.86. The molecule has 2 aliphatic heterocycles. The molecule has 352 valence electrons. The van der Waals surface area contributed by atoms with Gasteiger partial charge in [0.25, 0.3) is 5.91 Å². The molecule has 6 unspecified atom stereocenters. The van der Waals surface area contributed by atoms with Crippen molar-refractivity contribution in [3.05, 3.63) is 48.0 Å². The average Bonchev–Trinajstić information content (AvgIpc) is 3.36. The Labute approximate surface area is 411 Å². The van der Waals surface area contributed by atoms with Crippen molar-refractivity contribution in [2.45, 2.75) is 142 Å². The fourth-order valence-corrected chi connectivity index (χ4v) is 6.98. The van der Waals surface area contributed by atoms with E-state index in [0.29, 0.717) is 0 Å². The van der Waals surface area contributed by atoms with E-state index in [1.807, 2.05) is 37.3 Å². The molecule has 0 spiro atoms. The number of carbonyl (C=O) groups is 1. The van der Waals surface area contributed by atoms with Crippen molar-refractivity contribution in [3.8, 4) is 142 Å². The normalized spacial score (nSPS) is 19.1. The lowest BCUT2D eigenvalue weighted by molar-refractivity contribution is -0.808. The van der Waals surface area contributed by atoms with Crippen molar-refractivity contribution in [3.63, 3.8) is 0 Å². The zero-order chi connectivity index (χ0) is 49.4. The molecule has 9 atom stereocenters. The zero-order valence-corrected chi connectivity index (χ0v) is 40.2. The fraction of sp³-hybridized carbons (Fsp3) is 0.450. The SMILES string of the molecule is CC#CC#CC#CC#CC#CC#CC#CC#CC#CC#CC#CC#CC(=O)N[C@@H](COC1OC2COC(c3ccccc3)OC2C(OO[O-])C1C)[C@H](C)[C@H](C)C/C=C/CCCCCCCCCCC. The summed E-state index contributed by atoms with van der Waals surface area (Å²) >= 11 is 0. The number of carbonyl (C=O) groups excluding carboxylic acids is 1. The number of hydrogen-bond acceptors (Lipinski definition) is 8. The number of unbranched alkanes of at least 4 members (excludes halogenated alkanes) is 9. The van der Waals surface area contributed by atoms with E-state index in [-0.39, 0.29) is 25.0 Å². The van der Waals surface area contributed by atoms with Gasteiger partial charge in [-0.3, -0.25) is 9.83 Å². The molecule has 1 N–H and O–H groups in total. The largest absolute Gasteiger partial charge is 0.692 e. The van der Waals surface area contributed by atoms with Gasteiger partial charge in [0.15, 0.2) is 12.6 Å². The van der Waals surface area contributed by atoms with Crippen LogP contribution in [0.5, 0.6) is 0 Å². The summed E-state index contributed by atoms with van der Waals surface area (Å²) in [4.78, 5) is 18.4. The Bertz CT molecular complexity index is 2620. The van der Waals surface area contributed by atoms with Crippen molar-refractivity contribution < 1.29 is 38.9 Å². The Hall–Kier alpha value is -7.13. The fourth-order valence-electron chi connectivity index (χ4n) is 6.98. The van der Waals surface area contributed by atoms with Crippen molar-refractivity contribution in [2.24, 2.45) is 17.8 Å². The van der Waals surface area contributed by atoms with Gasteiger partial charge in [-0.25, -0.2) is 4.89 Å². The van der Waals surface area contributed by atoms with Crippen LogP contribution in [0.15, 0.2) is 42.5 Å². The van der Waals surface area contributed by atoms with E-state index in [9.17, 15) is 10.1 Å². The van der Waals surface area contributed by atoms with Crippen LogP contribution in [0, 0.1) is 160 Å². The molecule has 69 heavy (non-hydrogen) atoms. The van der Waals surface area contributed by atoms with E-state index < -0.39 is 48.8 Å². The number of allylic oxidation sites excluding steroid dienone is 2. The van der Waals surface area contributed by atoms with Crippen LogP contribution in [-0.4, -0.2) is 49.8 Å². The summed E-state index contributed by atoms with van der Waals surface area (Å²) in [5.41, 5.74) is 0.822. The molecule has 2 saturated heterocycles. The van der Waals surface area contributed by atoms with Crippen LogP contribution in [0.2, 0.25) is 0 Å². The molecule has 0 aromatic heterocycles. The highest BCUT2D eigenvalue weighted by molar-refractivity contribution is 5.94. The third-order valence-corrected chi connectivity index (χ3v) is 10.9. The number of rotatable bonds is 21. The van der Waals surface area contributed by atoms with E-state index in [2.05, 4.69) is 185 Å². The first-order valence-electron chi connectivity index (χ1n) is 23.3. The number of fused-ring (bicyclic) bond motifs is 1. The van der Waals surface area contributed by atoms with Gasteiger partial charge in [-0.15, -0.1) is 0 Å². The summed E-state index contributed by atoms with van der Waals surface area (Å²) < 4.78 is 25.0. The van der Waals surface area contributed by atoms with E-state index in [1.54, 1.807) is 6.92 Å². The van der Waals surface area contributed by atoms with Gasteiger partial charge in [-0.05, 0) is 133 Å². The molecule has 1 aromatic carbocycles. The van der Waals surface area contributed by atoms with Gasteiger partial charge < -0.3 is 29.5 Å². The molecule has 2 heterocycles. The molecule has 0 bridgehead atoms. The first-order chi connectivity index (χ1) is 33.9. The summed E-state index contributed by atoms with van der Waals surface area (Å²) in [7, 11) is 0. The highest BCUT2D eigenvalue weighted by Crippen LogP contribution is 2.38. The molecular weight excluding hydrogens is 863 g/mol. The van der Waals surface area contributed by atoms with Crippen molar-refractivity contribution in [2.75, 3.05) is 13.2 Å². The Morgan fingerprint density at radius 1 is 0.725 bits per heavy atom. The molecule has 2 fully saturated rings. The van der Waals surface area contributed by atoms with Gasteiger partial charge in [0.05, 0.1) is 19.3 Å². The maximum Gasteiger partial charge on any atom is 0.297 e. The van der Waals surface area contributed by atoms with E-state index in [0.717, 1.165) is 18.4 Å². The first kappa shape index (κ1) is 56.2. The molecule has 0 aliphatic carbocycles. The summed E-state index contributed by atoms with van der Waals surface area (Å²) in [6.07, 6.45) is 14.4. The van der Waals surface area contributed by atoms with Gasteiger partial charge in [-0.2, -0.15) is 0 Å². The molecule has 0 saturated carbocycles.